The average Bonchev–Trinajstić information content (AvgIpc) is 3.10. The summed E-state index contributed by atoms with van der Waals surface area (Å²) >= 11 is 3.39. The number of unbranched alkanes of at least 4 members (excludes halogenated alkanes) is 1. The zero-order valence-corrected chi connectivity index (χ0v) is 19.8. The summed E-state index contributed by atoms with van der Waals surface area (Å²) in [6.45, 7) is 12.6. The van der Waals surface area contributed by atoms with E-state index in [1.165, 1.54) is 0 Å². The summed E-state index contributed by atoms with van der Waals surface area (Å²) in [7, 11) is 0. The van der Waals surface area contributed by atoms with Crippen LogP contribution in [0.1, 0.15) is 60.3 Å². The minimum atomic E-state index is -0.632. The molecule has 0 aromatic heterocycles. The molecule has 29 heavy (non-hydrogen) atoms. The number of esters is 1. The fourth-order valence-corrected chi connectivity index (χ4v) is 3.39. The first-order valence-electron chi connectivity index (χ1n) is 10.1. The predicted molar refractivity (Wildman–Crippen MR) is 119 cm³/mol. The van der Waals surface area contributed by atoms with E-state index in [0.29, 0.717) is 19.6 Å². The van der Waals surface area contributed by atoms with Crippen LogP contribution in [0.2, 0.25) is 0 Å². The number of hydrogen-bond acceptors (Lipinski definition) is 5. The minimum absolute atomic E-state index is 0.207. The Morgan fingerprint density at radius 3 is 2.38 bits per heavy atom. The fourth-order valence-electron chi connectivity index (χ4n) is 3.12. The Morgan fingerprint density at radius 2 is 1.86 bits per heavy atom. The summed E-state index contributed by atoms with van der Waals surface area (Å²) in [5.74, 6) is -0.207. The van der Waals surface area contributed by atoms with Gasteiger partial charge in [0.15, 0.2) is 0 Å². The van der Waals surface area contributed by atoms with E-state index in [4.69, 9.17) is 14.3 Å². The van der Waals surface area contributed by atoms with Crippen LogP contribution in [-0.4, -0.2) is 38.1 Å². The van der Waals surface area contributed by atoms with Gasteiger partial charge in [0.25, 0.3) is 0 Å². The van der Waals surface area contributed by atoms with E-state index >= 15 is 0 Å². The van der Waals surface area contributed by atoms with Crippen molar-refractivity contribution in [3.05, 3.63) is 28.7 Å². The first-order chi connectivity index (χ1) is 13.9. The van der Waals surface area contributed by atoms with Gasteiger partial charge in [-0.05, 0) is 44.5 Å². The molecule has 0 saturated carbocycles. The molecule has 0 spiro atoms. The van der Waals surface area contributed by atoms with Crippen molar-refractivity contribution in [2.75, 3.05) is 18.1 Å². The number of carbonyl (C=O) groups is 3. The topological polar surface area (TPSA) is 72.9 Å². The monoisotopic (exact) mass is 471 g/mol. The molecule has 7 heteroatoms. The summed E-state index contributed by atoms with van der Waals surface area (Å²) in [6.07, 6.45) is 2.47. The Labute approximate surface area is 183 Å². The van der Waals surface area contributed by atoms with Crippen LogP contribution in [0.3, 0.4) is 0 Å². The average molecular weight is 472 g/mol. The molecule has 2 unspecified atom stereocenters. The lowest BCUT2D eigenvalue weighted by Crippen LogP contribution is -2.35. The standard InChI is InChI=1S/C19H26BrNO4.C2H6.CH2O/c1-4-6-11-19(3,17(22)24-5-2)12-16-13-21(18(23)25-16)15-9-7-14(20)8-10-15;2*1-2/h7-10,16H,4-6,11-13H2,1-3H3;1-2H3;1H2. The van der Waals surface area contributed by atoms with Crippen LogP contribution < -0.4 is 4.90 Å². The number of benzene rings is 1. The highest BCUT2D eigenvalue weighted by atomic mass is 79.9. The summed E-state index contributed by atoms with van der Waals surface area (Å²) in [5, 5.41) is 0. The molecule has 1 amide bonds. The molecule has 0 radical (unpaired) electrons. The van der Waals surface area contributed by atoms with Crippen molar-refractivity contribution in [1.82, 2.24) is 0 Å². The van der Waals surface area contributed by atoms with Crippen molar-refractivity contribution in [1.29, 1.82) is 0 Å². The number of rotatable bonds is 8. The van der Waals surface area contributed by atoms with E-state index in [1.54, 1.807) is 4.90 Å². The van der Waals surface area contributed by atoms with Gasteiger partial charge in [0.1, 0.15) is 12.9 Å². The van der Waals surface area contributed by atoms with Gasteiger partial charge in [-0.15, -0.1) is 0 Å². The number of halogens is 1. The minimum Gasteiger partial charge on any atom is -0.466 e. The van der Waals surface area contributed by atoms with Gasteiger partial charge in [0.05, 0.1) is 18.6 Å². The maximum absolute atomic E-state index is 12.4. The van der Waals surface area contributed by atoms with Gasteiger partial charge >= 0.3 is 12.1 Å². The van der Waals surface area contributed by atoms with E-state index < -0.39 is 5.41 Å². The van der Waals surface area contributed by atoms with E-state index in [-0.39, 0.29) is 18.2 Å². The third kappa shape index (κ3) is 8.17. The Morgan fingerprint density at radius 1 is 1.28 bits per heavy atom. The molecular weight excluding hydrogens is 438 g/mol. The van der Waals surface area contributed by atoms with Crippen molar-refractivity contribution in [2.24, 2.45) is 5.41 Å². The maximum atomic E-state index is 12.4. The first-order valence-corrected chi connectivity index (χ1v) is 10.9. The second-order valence-electron chi connectivity index (χ2n) is 6.68. The molecule has 164 valence electrons. The molecule has 1 saturated heterocycles. The summed E-state index contributed by atoms with van der Waals surface area (Å²) < 4.78 is 11.8. The Balaban J connectivity index is 0.00000184. The van der Waals surface area contributed by atoms with Gasteiger partial charge in [-0.3, -0.25) is 9.69 Å². The van der Waals surface area contributed by atoms with E-state index in [9.17, 15) is 9.59 Å². The third-order valence-corrected chi connectivity index (χ3v) is 5.07. The SMILES string of the molecule is C=O.CC.CCCCC(C)(CC1CN(c2ccc(Br)cc2)C(=O)O1)C(=O)OCC. The number of anilines is 1. The van der Waals surface area contributed by atoms with Crippen molar-refractivity contribution < 1.29 is 23.9 Å². The molecule has 2 atom stereocenters. The predicted octanol–water partition coefficient (Wildman–Crippen LogP) is 5.77. The maximum Gasteiger partial charge on any atom is 0.414 e. The van der Waals surface area contributed by atoms with Gasteiger partial charge in [0.2, 0.25) is 0 Å². The van der Waals surface area contributed by atoms with E-state index in [1.807, 2.05) is 58.7 Å². The van der Waals surface area contributed by atoms with Crippen LogP contribution in [0.15, 0.2) is 28.7 Å². The number of amides is 1. The molecule has 6 nitrogen and oxygen atoms in total. The smallest absolute Gasteiger partial charge is 0.414 e. The second kappa shape index (κ2) is 14.1. The van der Waals surface area contributed by atoms with Gasteiger partial charge in [-0.2, -0.15) is 0 Å². The van der Waals surface area contributed by atoms with Crippen LogP contribution in [0, 0.1) is 5.41 Å². The molecule has 1 aliphatic rings. The lowest BCUT2D eigenvalue weighted by atomic mass is 9.79. The van der Waals surface area contributed by atoms with Crippen molar-refractivity contribution in [3.8, 4) is 0 Å². The highest BCUT2D eigenvalue weighted by Gasteiger charge is 2.42. The second-order valence-corrected chi connectivity index (χ2v) is 7.60. The highest BCUT2D eigenvalue weighted by Crippen LogP contribution is 2.35. The van der Waals surface area contributed by atoms with E-state index in [0.717, 1.165) is 29.4 Å². The lowest BCUT2D eigenvalue weighted by Gasteiger charge is -2.29. The first kappa shape index (κ1) is 27.1. The number of nitrogens with zero attached hydrogens (tertiary/aromatic N) is 1. The quantitative estimate of drug-likeness (QED) is 0.450. The van der Waals surface area contributed by atoms with Crippen LogP contribution in [-0.2, 0) is 19.1 Å². The molecule has 0 N–H and O–H groups in total. The van der Waals surface area contributed by atoms with Crippen molar-refractivity contribution in [3.63, 3.8) is 0 Å². The Hall–Kier alpha value is -1.89. The molecule has 2 rings (SSSR count). The number of carbonyl (C=O) groups excluding carboxylic acids is 3. The Kier molecular flexibility index (Phi) is 13.2. The number of hydrogen-bond donors (Lipinski definition) is 0. The number of ether oxygens (including phenoxy) is 2. The fraction of sp³-hybridized carbons (Fsp3) is 0.591. The number of cyclic esters (lactones) is 1. The van der Waals surface area contributed by atoms with E-state index in [2.05, 4.69) is 22.9 Å². The van der Waals surface area contributed by atoms with Crippen LogP contribution in [0.5, 0.6) is 0 Å². The van der Waals surface area contributed by atoms with Crippen LogP contribution in [0.4, 0.5) is 10.5 Å². The third-order valence-electron chi connectivity index (χ3n) is 4.54. The normalized spacial score (nSPS) is 17.1. The molecule has 0 aliphatic carbocycles. The van der Waals surface area contributed by atoms with Gasteiger partial charge in [-0.25, -0.2) is 4.79 Å². The van der Waals surface area contributed by atoms with Crippen LogP contribution in [0.25, 0.3) is 0 Å². The molecular formula is C22H34BrNO5. The molecule has 1 heterocycles. The molecule has 1 aromatic carbocycles. The largest absolute Gasteiger partial charge is 0.466 e. The lowest BCUT2D eigenvalue weighted by molar-refractivity contribution is -0.156. The summed E-state index contributed by atoms with van der Waals surface area (Å²) in [5.41, 5.74) is 0.161. The molecule has 1 aromatic rings. The summed E-state index contributed by atoms with van der Waals surface area (Å²) in [6, 6.07) is 7.52. The summed E-state index contributed by atoms with van der Waals surface area (Å²) in [4.78, 5) is 34.3. The van der Waals surface area contributed by atoms with Gasteiger partial charge in [-0.1, -0.05) is 49.5 Å². The van der Waals surface area contributed by atoms with Crippen molar-refractivity contribution >= 4 is 40.5 Å². The molecule has 0 bridgehead atoms. The van der Waals surface area contributed by atoms with Crippen LogP contribution >= 0.6 is 15.9 Å². The molecule has 1 fully saturated rings. The zero-order chi connectivity index (χ0) is 22.4. The Bertz CT molecular complexity index is 622. The highest BCUT2D eigenvalue weighted by molar-refractivity contribution is 9.10. The van der Waals surface area contributed by atoms with Gasteiger partial charge in [0, 0.05) is 16.6 Å². The molecule has 1 aliphatic heterocycles. The zero-order valence-electron chi connectivity index (χ0n) is 18.2. The van der Waals surface area contributed by atoms with Crippen molar-refractivity contribution in [2.45, 2.75) is 66.4 Å². The van der Waals surface area contributed by atoms with Gasteiger partial charge < -0.3 is 14.3 Å².